The van der Waals surface area contributed by atoms with Crippen LogP contribution in [0, 0.1) is 20.8 Å². The number of ketones is 2. The van der Waals surface area contributed by atoms with Crippen molar-refractivity contribution in [1.29, 1.82) is 0 Å². The highest BCUT2D eigenvalue weighted by molar-refractivity contribution is 5.99. The van der Waals surface area contributed by atoms with Crippen molar-refractivity contribution in [2.24, 2.45) is 0 Å². The van der Waals surface area contributed by atoms with Crippen LogP contribution in [0.4, 0.5) is 8.78 Å². The van der Waals surface area contributed by atoms with Crippen molar-refractivity contribution in [3.8, 4) is 5.75 Å². The van der Waals surface area contributed by atoms with Crippen LogP contribution in [0.25, 0.3) is 12.2 Å². The van der Waals surface area contributed by atoms with E-state index in [1.54, 1.807) is 33.8 Å². The molecule has 3 aliphatic heterocycles. The van der Waals surface area contributed by atoms with E-state index < -0.39 is 77.6 Å². The Hall–Kier alpha value is -4.82. The lowest BCUT2D eigenvalue weighted by molar-refractivity contribution is -0.153. The molecule has 11 nitrogen and oxygen atoms in total. The number of rotatable bonds is 0. The van der Waals surface area contributed by atoms with Crippen LogP contribution < -0.4 is 0 Å². The average Bonchev–Trinajstić information content (AvgIpc) is 3.40. The van der Waals surface area contributed by atoms with Gasteiger partial charge in [0.25, 0.3) is 0 Å². The summed E-state index contributed by atoms with van der Waals surface area (Å²) in [5.74, 6) is -6.58. The number of phenols is 1. The summed E-state index contributed by atoms with van der Waals surface area (Å²) in [6.45, 7) is 12.1. The van der Waals surface area contributed by atoms with Crippen LogP contribution >= 0.6 is 0 Å². The fourth-order valence-corrected chi connectivity index (χ4v) is 6.35. The summed E-state index contributed by atoms with van der Waals surface area (Å²) in [4.78, 5) is 49.5. The molecule has 55 heavy (non-hydrogen) atoms. The summed E-state index contributed by atoms with van der Waals surface area (Å²) in [5, 5.41) is 29.8. The number of carbonyl (C=O) groups excluding carboxylic acids is 4. The largest absolute Gasteiger partial charge is 0.507 e. The van der Waals surface area contributed by atoms with Crippen LogP contribution in [0.2, 0.25) is 0 Å². The third kappa shape index (κ3) is 11.1. The molecule has 0 radical (unpaired) electrons. The zero-order valence-corrected chi connectivity index (χ0v) is 31.9. The molecule has 4 unspecified atom stereocenters. The van der Waals surface area contributed by atoms with Crippen LogP contribution in [0.5, 0.6) is 5.75 Å². The molecule has 3 N–H and O–H groups in total. The van der Waals surface area contributed by atoms with Gasteiger partial charge in [0.2, 0.25) is 11.6 Å². The molecule has 0 aromatic heterocycles. The third-order valence-corrected chi connectivity index (χ3v) is 8.97. The molecule has 296 valence electrons. The van der Waals surface area contributed by atoms with Gasteiger partial charge < -0.3 is 34.3 Å². The van der Waals surface area contributed by atoms with E-state index in [-0.39, 0.29) is 30.6 Å². The normalized spacial score (nSPS) is 27.5. The lowest BCUT2D eigenvalue weighted by Gasteiger charge is -2.17. The minimum atomic E-state index is -1.90. The number of aliphatic hydroxyl groups is 2. The van der Waals surface area contributed by atoms with Crippen molar-refractivity contribution < 1.29 is 62.2 Å². The summed E-state index contributed by atoms with van der Waals surface area (Å²) in [6.07, 6.45) is 2.31. The molecule has 3 heterocycles. The number of aryl methyl sites for hydroxylation is 3. The van der Waals surface area contributed by atoms with Crippen LogP contribution in [-0.4, -0.2) is 81.2 Å². The first kappa shape index (κ1) is 42.9. The Morgan fingerprint density at radius 3 is 1.80 bits per heavy atom. The van der Waals surface area contributed by atoms with Crippen molar-refractivity contribution in [3.63, 3.8) is 0 Å². The molecule has 3 aliphatic rings. The molecule has 2 aromatic carbocycles. The monoisotopic (exact) mass is 766 g/mol. The van der Waals surface area contributed by atoms with Crippen molar-refractivity contribution in [3.05, 3.63) is 99.2 Å². The van der Waals surface area contributed by atoms with Crippen molar-refractivity contribution >= 4 is 35.7 Å². The number of cyclic esters (lactones) is 2. The van der Waals surface area contributed by atoms with E-state index in [9.17, 15) is 43.3 Å². The van der Waals surface area contributed by atoms with E-state index in [1.807, 2.05) is 38.1 Å². The van der Waals surface area contributed by atoms with E-state index in [4.69, 9.17) is 18.9 Å². The number of aromatic hydroxyl groups is 1. The van der Waals surface area contributed by atoms with Gasteiger partial charge in [-0.15, -0.1) is 0 Å². The van der Waals surface area contributed by atoms with Gasteiger partial charge >= 0.3 is 11.9 Å². The topological polar surface area (TPSA) is 166 Å². The number of phenolic OH excluding ortho intramolecular Hbond substituents is 1. The standard InChI is InChI=1S/C23H27FO5.C19H21FO6/c1-13-11-14(2)19-16(12-13)7-6-8-18-21(29-23(4,5)28-18)20(25)17(24)10-9-15(3)27-22(19)26;1-10-8-12-4-3-5-14(21)18(24)17(23)13(20)7-6-11(2)26-19(25)16(12)15(22)9-10/h6-7,10-12,15,18,21H,8-9H2,1-5H3;3-4,7-9,11,14,18,21-22,24H,5-6H2,1-2H3/b7-6+,17-10?;4-3+,13-7?/t15?,18-,21?;11?,14-,18?/m00/s1. The lowest BCUT2D eigenvalue weighted by Crippen LogP contribution is -2.34. The quantitative estimate of drug-likeness (QED) is 0.242. The predicted octanol–water partition coefficient (Wildman–Crippen LogP) is 6.80. The van der Waals surface area contributed by atoms with Crippen LogP contribution in [-0.2, 0) is 28.5 Å². The SMILES string of the molecule is Cc1cc(C)c2c(c1)/C=C/C[C@@H]1OC(C)(C)OC1C(=O)C(F)=CCC(C)OC2=O.Cc1cc(O)c2c(c1)/C=C/C[C@H](O)C(O)C(=O)C(F)=CCC(C)OC2=O. The summed E-state index contributed by atoms with van der Waals surface area (Å²) in [7, 11) is 0. The van der Waals surface area contributed by atoms with Gasteiger partial charge in [0.15, 0.2) is 23.5 Å². The minimum Gasteiger partial charge on any atom is -0.507 e. The number of fused-ring (bicyclic) bond motifs is 3. The van der Waals surface area contributed by atoms with Gasteiger partial charge in [-0.3, -0.25) is 9.59 Å². The van der Waals surface area contributed by atoms with Crippen LogP contribution in [0.1, 0.15) is 102 Å². The predicted molar refractivity (Wildman–Crippen MR) is 199 cm³/mol. The second-order valence-corrected chi connectivity index (χ2v) is 14.4. The number of Topliss-reactive ketones (excluding diaryl/α,β-unsaturated/α-hetero) is 2. The maximum atomic E-state index is 14.5. The number of carbonyl (C=O) groups is 4. The van der Waals surface area contributed by atoms with Gasteiger partial charge in [0, 0.05) is 12.8 Å². The van der Waals surface area contributed by atoms with Gasteiger partial charge in [-0.25, -0.2) is 18.4 Å². The Balaban J connectivity index is 0.000000246. The highest BCUT2D eigenvalue weighted by atomic mass is 19.1. The molecule has 13 heteroatoms. The highest BCUT2D eigenvalue weighted by Crippen LogP contribution is 2.33. The molecule has 0 amide bonds. The average molecular weight is 767 g/mol. The third-order valence-electron chi connectivity index (χ3n) is 8.97. The molecular weight excluding hydrogens is 718 g/mol. The fourth-order valence-electron chi connectivity index (χ4n) is 6.35. The van der Waals surface area contributed by atoms with E-state index >= 15 is 0 Å². The zero-order chi connectivity index (χ0) is 40.8. The molecule has 1 saturated heterocycles. The highest BCUT2D eigenvalue weighted by Gasteiger charge is 2.45. The van der Waals surface area contributed by atoms with E-state index in [0.717, 1.165) is 28.8 Å². The summed E-state index contributed by atoms with van der Waals surface area (Å²) in [6, 6.07) is 6.90. The smallest absolute Gasteiger partial charge is 0.342 e. The van der Waals surface area contributed by atoms with Gasteiger partial charge in [0.05, 0.1) is 17.8 Å². The number of hydrogen-bond acceptors (Lipinski definition) is 11. The Morgan fingerprint density at radius 1 is 0.691 bits per heavy atom. The summed E-state index contributed by atoms with van der Waals surface area (Å²) in [5.41, 5.74) is 4.07. The Morgan fingerprint density at radius 2 is 1.20 bits per heavy atom. The number of esters is 2. The number of benzene rings is 2. The molecule has 0 spiro atoms. The Kier molecular flexibility index (Phi) is 14.2. The second kappa shape index (κ2) is 18.2. The minimum absolute atomic E-state index is 0.0497. The molecule has 0 saturated carbocycles. The van der Waals surface area contributed by atoms with Crippen LogP contribution in [0.3, 0.4) is 0 Å². The number of aliphatic hydroxyl groups excluding tert-OH is 2. The lowest BCUT2D eigenvalue weighted by atomic mass is 9.97. The summed E-state index contributed by atoms with van der Waals surface area (Å²) >= 11 is 0. The zero-order valence-electron chi connectivity index (χ0n) is 31.9. The van der Waals surface area contributed by atoms with Crippen molar-refractivity contribution in [2.75, 3.05) is 0 Å². The number of ether oxygens (including phenoxy) is 4. The fraction of sp³-hybridized carbons (Fsp3) is 0.429. The number of halogens is 2. The Labute approximate surface area is 318 Å². The maximum Gasteiger partial charge on any atom is 0.342 e. The van der Waals surface area contributed by atoms with Gasteiger partial charge in [-0.1, -0.05) is 48.1 Å². The molecular formula is C42H48F2O11. The molecule has 0 bridgehead atoms. The molecule has 1 fully saturated rings. The van der Waals surface area contributed by atoms with Crippen molar-refractivity contribution in [1.82, 2.24) is 0 Å². The van der Waals surface area contributed by atoms with E-state index in [2.05, 4.69) is 0 Å². The van der Waals surface area contributed by atoms with Gasteiger partial charge in [-0.2, -0.15) is 0 Å². The second-order valence-electron chi connectivity index (χ2n) is 14.4. The first-order chi connectivity index (χ1) is 25.8. The first-order valence-corrected chi connectivity index (χ1v) is 18.0. The van der Waals surface area contributed by atoms with E-state index in [1.165, 1.54) is 25.1 Å². The van der Waals surface area contributed by atoms with Crippen molar-refractivity contribution in [2.45, 2.75) is 117 Å². The molecule has 6 atom stereocenters. The summed E-state index contributed by atoms with van der Waals surface area (Å²) < 4.78 is 50.5. The van der Waals surface area contributed by atoms with Gasteiger partial charge in [-0.05, 0) is 102 Å². The molecule has 2 aromatic rings. The molecule has 0 aliphatic carbocycles. The number of hydrogen-bond donors (Lipinski definition) is 3. The van der Waals surface area contributed by atoms with Gasteiger partial charge in [0.1, 0.15) is 29.6 Å². The molecule has 5 rings (SSSR count). The first-order valence-electron chi connectivity index (χ1n) is 18.0. The Bertz CT molecular complexity index is 1930. The van der Waals surface area contributed by atoms with E-state index in [0.29, 0.717) is 23.1 Å². The maximum absolute atomic E-state index is 14.5. The van der Waals surface area contributed by atoms with Crippen LogP contribution in [0.15, 0.2) is 60.2 Å².